The summed E-state index contributed by atoms with van der Waals surface area (Å²) in [5, 5.41) is 7.11. The molecular weight excluding hydrogens is 386 g/mol. The van der Waals surface area contributed by atoms with Gasteiger partial charge in [0.1, 0.15) is 12.4 Å². The van der Waals surface area contributed by atoms with Crippen LogP contribution < -0.4 is 15.4 Å². The van der Waals surface area contributed by atoms with E-state index in [2.05, 4.69) is 28.2 Å². The highest BCUT2D eigenvalue weighted by Gasteiger charge is 2.36. The van der Waals surface area contributed by atoms with E-state index in [-0.39, 0.29) is 18.0 Å². The molecule has 1 amide bonds. The first-order valence-electron chi connectivity index (χ1n) is 9.85. The van der Waals surface area contributed by atoms with Crippen LogP contribution in [-0.4, -0.2) is 43.1 Å². The first-order chi connectivity index (χ1) is 14.1. The Labute approximate surface area is 177 Å². The van der Waals surface area contributed by atoms with Crippen LogP contribution in [0.1, 0.15) is 17.5 Å². The third-order valence-corrected chi connectivity index (χ3v) is 5.37. The number of nitrogens with one attached hydrogen (secondary N) is 2. The van der Waals surface area contributed by atoms with Crippen molar-refractivity contribution in [3.8, 4) is 5.75 Å². The lowest BCUT2D eigenvalue weighted by atomic mass is 10.1. The third-order valence-electron chi connectivity index (χ3n) is 5.14. The lowest BCUT2D eigenvalue weighted by Gasteiger charge is -2.23. The van der Waals surface area contributed by atoms with Crippen LogP contribution in [0.5, 0.6) is 5.75 Å². The van der Waals surface area contributed by atoms with Gasteiger partial charge in [-0.25, -0.2) is 0 Å². The van der Waals surface area contributed by atoms with Crippen LogP contribution >= 0.6 is 11.6 Å². The molecule has 154 valence electrons. The molecule has 1 fully saturated rings. The van der Waals surface area contributed by atoms with Crippen LogP contribution in [0.3, 0.4) is 0 Å². The molecule has 0 saturated carbocycles. The van der Waals surface area contributed by atoms with Crippen molar-refractivity contribution >= 4 is 17.5 Å². The fourth-order valence-corrected chi connectivity index (χ4v) is 3.94. The normalized spacial score (nSPS) is 19.1. The molecular formula is C23H28ClN3O2. The second-order valence-corrected chi connectivity index (χ2v) is 7.65. The number of hydrogen-bond acceptors (Lipinski definition) is 4. The number of likely N-dealkylation sites (tertiary alicyclic amines) is 1. The fraction of sp³-hybridized carbons (Fsp3) is 0.348. The van der Waals surface area contributed by atoms with Crippen LogP contribution in [0, 0.1) is 0 Å². The first kappa shape index (κ1) is 21.4. The van der Waals surface area contributed by atoms with Crippen LogP contribution in [-0.2, 0) is 17.9 Å². The van der Waals surface area contributed by atoms with Gasteiger partial charge >= 0.3 is 0 Å². The Kier molecular flexibility index (Phi) is 7.69. The summed E-state index contributed by atoms with van der Waals surface area (Å²) >= 11 is 6.13. The molecule has 0 unspecified atom stereocenters. The number of nitrogens with zero attached hydrogens (tertiary/aromatic N) is 1. The zero-order valence-electron chi connectivity index (χ0n) is 16.7. The van der Waals surface area contributed by atoms with Gasteiger partial charge in [0.25, 0.3) is 0 Å². The molecule has 1 aliphatic heterocycles. The van der Waals surface area contributed by atoms with E-state index in [0.29, 0.717) is 24.7 Å². The van der Waals surface area contributed by atoms with Crippen molar-refractivity contribution < 1.29 is 9.53 Å². The van der Waals surface area contributed by atoms with Gasteiger partial charge in [-0.3, -0.25) is 9.69 Å². The molecule has 29 heavy (non-hydrogen) atoms. The van der Waals surface area contributed by atoms with E-state index < -0.39 is 0 Å². The highest BCUT2D eigenvalue weighted by molar-refractivity contribution is 6.30. The Hall–Kier alpha value is -2.34. The second kappa shape index (κ2) is 10.4. The Balaban J connectivity index is 1.65. The van der Waals surface area contributed by atoms with Gasteiger partial charge in [-0.2, -0.15) is 0 Å². The summed E-state index contributed by atoms with van der Waals surface area (Å²) in [6, 6.07) is 15.8. The Morgan fingerprint density at radius 1 is 1.31 bits per heavy atom. The zero-order valence-corrected chi connectivity index (χ0v) is 17.5. The van der Waals surface area contributed by atoms with Crippen LogP contribution in [0.2, 0.25) is 5.02 Å². The maximum absolute atomic E-state index is 12.4. The van der Waals surface area contributed by atoms with Gasteiger partial charge in [0.15, 0.2) is 0 Å². The predicted molar refractivity (Wildman–Crippen MR) is 117 cm³/mol. The van der Waals surface area contributed by atoms with Gasteiger partial charge in [0.05, 0.1) is 6.04 Å². The monoisotopic (exact) mass is 413 g/mol. The van der Waals surface area contributed by atoms with Gasteiger partial charge in [0, 0.05) is 43.3 Å². The number of carbonyl (C=O) groups excluding carboxylic acids is 1. The maximum atomic E-state index is 12.4. The van der Waals surface area contributed by atoms with Gasteiger partial charge in [-0.05, 0) is 30.2 Å². The van der Waals surface area contributed by atoms with Crippen molar-refractivity contribution in [2.24, 2.45) is 0 Å². The van der Waals surface area contributed by atoms with Gasteiger partial charge < -0.3 is 15.4 Å². The summed E-state index contributed by atoms with van der Waals surface area (Å²) in [5.41, 5.74) is 2.20. The Morgan fingerprint density at radius 3 is 2.90 bits per heavy atom. The molecule has 3 rings (SSSR count). The number of ether oxygens (including phenoxy) is 1. The number of benzene rings is 2. The number of para-hydroxylation sites is 1. The van der Waals surface area contributed by atoms with E-state index in [0.717, 1.165) is 29.8 Å². The van der Waals surface area contributed by atoms with Gasteiger partial charge in [0.2, 0.25) is 5.91 Å². The fourth-order valence-electron chi connectivity index (χ4n) is 3.73. The summed E-state index contributed by atoms with van der Waals surface area (Å²) < 4.78 is 5.74. The summed E-state index contributed by atoms with van der Waals surface area (Å²) in [4.78, 5) is 14.6. The number of likely N-dealkylation sites (N-methyl/N-ethyl adjacent to an activating group) is 1. The molecule has 0 aromatic heterocycles. The van der Waals surface area contributed by atoms with Crippen LogP contribution in [0.25, 0.3) is 0 Å². The van der Waals surface area contributed by atoms with Crippen LogP contribution in [0.4, 0.5) is 0 Å². The van der Waals surface area contributed by atoms with E-state index in [1.165, 1.54) is 0 Å². The van der Waals surface area contributed by atoms with Gasteiger partial charge in [-0.15, -0.1) is 0 Å². The molecule has 0 aliphatic carbocycles. The maximum Gasteiger partial charge on any atom is 0.237 e. The molecule has 1 heterocycles. The average Bonchev–Trinajstić information content (AvgIpc) is 3.13. The molecule has 0 spiro atoms. The third kappa shape index (κ3) is 5.82. The first-order valence-corrected chi connectivity index (χ1v) is 10.2. The summed E-state index contributed by atoms with van der Waals surface area (Å²) in [7, 11) is 1.69. The van der Waals surface area contributed by atoms with Crippen molar-refractivity contribution in [3.05, 3.63) is 77.3 Å². The molecule has 5 nitrogen and oxygen atoms in total. The van der Waals surface area contributed by atoms with E-state index in [4.69, 9.17) is 16.3 Å². The molecule has 1 saturated heterocycles. The standard InChI is InChI=1S/C23H28ClN3O2/c1-3-11-29-22-10-5-4-8-18(22)14-26-20-13-21(23(28)25-2)27(16-20)15-17-7-6-9-19(24)12-17/h3-10,12,20-21,26H,1,11,13-16H2,2H3,(H,25,28)/t20-,21-/m0/s1. The number of hydrogen-bond donors (Lipinski definition) is 2. The topological polar surface area (TPSA) is 53.6 Å². The van der Waals surface area contributed by atoms with E-state index in [1.807, 2.05) is 42.5 Å². The molecule has 2 N–H and O–H groups in total. The summed E-state index contributed by atoms with van der Waals surface area (Å²) in [6.45, 7) is 6.35. The number of carbonyl (C=O) groups is 1. The minimum atomic E-state index is -0.163. The average molecular weight is 414 g/mol. The van der Waals surface area contributed by atoms with Gasteiger partial charge in [-0.1, -0.05) is 54.6 Å². The highest BCUT2D eigenvalue weighted by Crippen LogP contribution is 2.24. The van der Waals surface area contributed by atoms with E-state index >= 15 is 0 Å². The van der Waals surface area contributed by atoms with Crippen molar-refractivity contribution in [2.75, 3.05) is 20.2 Å². The largest absolute Gasteiger partial charge is 0.489 e. The van der Waals surface area contributed by atoms with Crippen molar-refractivity contribution in [1.82, 2.24) is 15.5 Å². The highest BCUT2D eigenvalue weighted by atomic mass is 35.5. The Bertz CT molecular complexity index is 842. The quantitative estimate of drug-likeness (QED) is 0.619. The molecule has 2 aromatic carbocycles. The number of halogens is 1. The molecule has 6 heteroatoms. The van der Waals surface area contributed by atoms with Crippen molar-refractivity contribution in [1.29, 1.82) is 0 Å². The number of rotatable bonds is 9. The molecule has 0 radical (unpaired) electrons. The van der Waals surface area contributed by atoms with Crippen LogP contribution in [0.15, 0.2) is 61.2 Å². The summed E-state index contributed by atoms with van der Waals surface area (Å²) in [5.74, 6) is 0.905. The smallest absolute Gasteiger partial charge is 0.237 e. The van der Waals surface area contributed by atoms with Crippen molar-refractivity contribution in [3.63, 3.8) is 0 Å². The number of amides is 1. The molecule has 1 aliphatic rings. The lowest BCUT2D eigenvalue weighted by molar-refractivity contribution is -0.125. The summed E-state index contributed by atoms with van der Waals surface area (Å²) in [6.07, 6.45) is 2.50. The van der Waals surface area contributed by atoms with E-state index in [9.17, 15) is 4.79 Å². The Morgan fingerprint density at radius 2 is 2.14 bits per heavy atom. The minimum Gasteiger partial charge on any atom is -0.489 e. The minimum absolute atomic E-state index is 0.0473. The molecule has 2 atom stereocenters. The zero-order chi connectivity index (χ0) is 20.6. The van der Waals surface area contributed by atoms with E-state index in [1.54, 1.807) is 13.1 Å². The SMILES string of the molecule is C=CCOc1ccccc1CN[C@H]1C[C@@H](C(=O)NC)N(Cc2cccc(Cl)c2)C1. The predicted octanol–water partition coefficient (Wildman–Crippen LogP) is 3.38. The molecule has 2 aromatic rings. The van der Waals surface area contributed by atoms with Crippen molar-refractivity contribution in [2.45, 2.75) is 31.6 Å². The lowest BCUT2D eigenvalue weighted by Crippen LogP contribution is -2.41. The second-order valence-electron chi connectivity index (χ2n) is 7.21. The molecule has 0 bridgehead atoms.